The number of aryl methyl sites for hydroxylation is 1. The fraction of sp³-hybridized carbons (Fsp3) is 0.440. The summed E-state index contributed by atoms with van der Waals surface area (Å²) in [5.74, 6) is 1.45. The number of nitrogens with two attached hydrogens (primary N) is 1. The lowest BCUT2D eigenvalue weighted by Crippen LogP contribution is -2.22. The second kappa shape index (κ2) is 8.50. The monoisotopic (exact) mass is 462 g/mol. The maximum absolute atomic E-state index is 6.44. The fourth-order valence-corrected chi connectivity index (χ4v) is 5.26. The molecule has 1 saturated heterocycles. The van der Waals surface area contributed by atoms with Gasteiger partial charge in [-0.05, 0) is 37.4 Å². The van der Waals surface area contributed by atoms with Crippen molar-refractivity contribution >= 4 is 36.5 Å². The fourth-order valence-electron chi connectivity index (χ4n) is 4.51. The number of benzene rings is 1. The van der Waals surface area contributed by atoms with E-state index in [1.807, 2.05) is 6.20 Å². The minimum atomic E-state index is -1.16. The first-order chi connectivity index (χ1) is 15.8. The minimum absolute atomic E-state index is 0.447. The highest BCUT2D eigenvalue weighted by Crippen LogP contribution is 2.33. The number of nitrogens with zero attached hydrogens (tertiary/aromatic N) is 5. The van der Waals surface area contributed by atoms with E-state index in [2.05, 4.69) is 70.8 Å². The zero-order valence-electron chi connectivity index (χ0n) is 20.1. The topological polar surface area (TPSA) is 73.6 Å². The summed E-state index contributed by atoms with van der Waals surface area (Å²) in [5.41, 5.74) is 12.6. The highest BCUT2D eigenvalue weighted by atomic mass is 28.3. The number of rotatable bonds is 7. The van der Waals surface area contributed by atoms with Crippen molar-refractivity contribution < 1.29 is 4.74 Å². The van der Waals surface area contributed by atoms with E-state index in [9.17, 15) is 0 Å². The molecule has 0 radical (unpaired) electrons. The Morgan fingerprint density at radius 1 is 1.06 bits per heavy atom. The Morgan fingerprint density at radius 3 is 2.48 bits per heavy atom. The normalized spacial score (nSPS) is 14.7. The molecule has 0 atom stereocenters. The lowest BCUT2D eigenvalue weighted by molar-refractivity contribution is 0.0909. The van der Waals surface area contributed by atoms with Gasteiger partial charge in [-0.25, -0.2) is 9.97 Å². The van der Waals surface area contributed by atoms with E-state index >= 15 is 0 Å². The van der Waals surface area contributed by atoms with Gasteiger partial charge in [0, 0.05) is 27.8 Å². The Balaban J connectivity index is 1.65. The molecule has 1 aromatic carbocycles. The van der Waals surface area contributed by atoms with Crippen molar-refractivity contribution in [3.8, 4) is 11.3 Å². The summed E-state index contributed by atoms with van der Waals surface area (Å²) in [5, 5.41) is 0. The van der Waals surface area contributed by atoms with Gasteiger partial charge in [-0.2, -0.15) is 0 Å². The molecule has 0 spiro atoms. The Labute approximate surface area is 196 Å². The predicted octanol–water partition coefficient (Wildman–Crippen LogP) is 5.15. The summed E-state index contributed by atoms with van der Waals surface area (Å²) in [6, 6.07) is 12.0. The molecule has 0 aliphatic carbocycles. The van der Waals surface area contributed by atoms with Gasteiger partial charge in [0.05, 0.1) is 17.4 Å². The number of nitrogen functional groups attached to an aromatic ring is 1. The number of hydrogen-bond donors (Lipinski definition) is 1. The second-order valence-electron chi connectivity index (χ2n) is 10.4. The van der Waals surface area contributed by atoms with E-state index in [4.69, 9.17) is 20.4 Å². The summed E-state index contributed by atoms with van der Waals surface area (Å²) in [4.78, 5) is 11.9. The average molecular weight is 463 g/mol. The maximum Gasteiger partial charge on any atom is 0.210 e. The van der Waals surface area contributed by atoms with E-state index in [1.165, 1.54) is 18.4 Å². The quantitative estimate of drug-likeness (QED) is 0.304. The van der Waals surface area contributed by atoms with Crippen LogP contribution >= 0.6 is 0 Å². The first kappa shape index (κ1) is 22.0. The van der Waals surface area contributed by atoms with Crippen molar-refractivity contribution in [2.24, 2.45) is 0 Å². The maximum atomic E-state index is 6.44. The van der Waals surface area contributed by atoms with Gasteiger partial charge in [-0.15, -0.1) is 0 Å². The molecule has 7 nitrogen and oxygen atoms in total. The van der Waals surface area contributed by atoms with E-state index in [-0.39, 0.29) is 0 Å². The molecule has 5 rings (SSSR count). The first-order valence-electron chi connectivity index (χ1n) is 11.9. The van der Waals surface area contributed by atoms with Gasteiger partial charge in [0.2, 0.25) is 5.95 Å². The zero-order valence-corrected chi connectivity index (χ0v) is 21.1. The molecule has 174 valence electrons. The molecular weight excluding hydrogens is 428 g/mol. The van der Waals surface area contributed by atoms with Crippen LogP contribution in [0.1, 0.15) is 18.4 Å². The molecule has 1 fully saturated rings. The molecule has 4 aromatic rings. The number of imidazole rings is 1. The van der Waals surface area contributed by atoms with Crippen molar-refractivity contribution in [3.05, 3.63) is 42.1 Å². The van der Waals surface area contributed by atoms with Gasteiger partial charge in [0.25, 0.3) is 0 Å². The average Bonchev–Trinajstić information content (AvgIpc) is 3.50. The standard InChI is InChI=1S/C25H34N6OSi/c1-18-7-9-19(10-8-18)20-15-21-24(30(20)17-32-13-14-33(2,3)4)28-23(26)22-16-27-25(31(21)22)29-11-5-6-12-29/h7-10,15-16H,5-6,11-14,17H2,1-4H3,(H2,26,28). The highest BCUT2D eigenvalue weighted by Gasteiger charge is 2.23. The predicted molar refractivity (Wildman–Crippen MR) is 139 cm³/mol. The van der Waals surface area contributed by atoms with Gasteiger partial charge < -0.3 is 15.4 Å². The summed E-state index contributed by atoms with van der Waals surface area (Å²) in [7, 11) is -1.16. The molecular formula is C25H34N6OSi. The Kier molecular flexibility index (Phi) is 5.66. The molecule has 33 heavy (non-hydrogen) atoms. The second-order valence-corrected chi connectivity index (χ2v) is 16.0. The zero-order chi connectivity index (χ0) is 23.2. The van der Waals surface area contributed by atoms with Gasteiger partial charge in [0.15, 0.2) is 11.5 Å². The van der Waals surface area contributed by atoms with E-state index in [0.29, 0.717) is 12.5 Å². The smallest absolute Gasteiger partial charge is 0.210 e. The van der Waals surface area contributed by atoms with Crippen molar-refractivity contribution in [2.45, 2.75) is 52.2 Å². The molecule has 1 aliphatic rings. The molecule has 2 N–H and O–H groups in total. The highest BCUT2D eigenvalue weighted by molar-refractivity contribution is 6.76. The number of anilines is 2. The third-order valence-corrected chi connectivity index (χ3v) is 8.18. The third-order valence-electron chi connectivity index (χ3n) is 6.47. The van der Waals surface area contributed by atoms with Crippen LogP contribution in [0.3, 0.4) is 0 Å². The summed E-state index contributed by atoms with van der Waals surface area (Å²) >= 11 is 0. The van der Waals surface area contributed by atoms with Crippen molar-refractivity contribution in [3.63, 3.8) is 0 Å². The van der Waals surface area contributed by atoms with Crippen LogP contribution in [-0.2, 0) is 11.5 Å². The Hall–Kier alpha value is -2.84. The first-order valence-corrected chi connectivity index (χ1v) is 15.6. The summed E-state index contributed by atoms with van der Waals surface area (Å²) in [6.07, 6.45) is 4.24. The van der Waals surface area contributed by atoms with Crippen LogP contribution in [0, 0.1) is 6.92 Å². The van der Waals surface area contributed by atoms with Gasteiger partial charge in [-0.3, -0.25) is 8.97 Å². The van der Waals surface area contributed by atoms with E-state index in [1.54, 1.807) is 0 Å². The van der Waals surface area contributed by atoms with Crippen LogP contribution in [0.5, 0.6) is 0 Å². The minimum Gasteiger partial charge on any atom is -0.382 e. The largest absolute Gasteiger partial charge is 0.382 e. The number of fused-ring (bicyclic) bond motifs is 3. The van der Waals surface area contributed by atoms with Crippen LogP contribution in [-0.4, -0.2) is 46.7 Å². The van der Waals surface area contributed by atoms with Crippen molar-refractivity contribution in [1.82, 2.24) is 18.9 Å². The number of hydrogen-bond acceptors (Lipinski definition) is 5. The van der Waals surface area contributed by atoms with Crippen molar-refractivity contribution in [1.29, 1.82) is 0 Å². The number of aromatic nitrogens is 4. The van der Waals surface area contributed by atoms with Crippen LogP contribution < -0.4 is 10.6 Å². The molecule has 0 amide bonds. The molecule has 0 bridgehead atoms. The summed E-state index contributed by atoms with van der Waals surface area (Å²) < 4.78 is 10.5. The number of ether oxygens (including phenoxy) is 1. The van der Waals surface area contributed by atoms with Crippen LogP contribution in [0.25, 0.3) is 27.9 Å². The molecule has 8 heteroatoms. The van der Waals surface area contributed by atoms with Crippen LogP contribution in [0.4, 0.5) is 11.8 Å². The third kappa shape index (κ3) is 4.25. The Bertz CT molecular complexity index is 1280. The molecule has 0 saturated carbocycles. The van der Waals surface area contributed by atoms with Gasteiger partial charge >= 0.3 is 0 Å². The molecule has 3 aromatic heterocycles. The lowest BCUT2D eigenvalue weighted by Gasteiger charge is -2.17. The lowest BCUT2D eigenvalue weighted by atomic mass is 10.1. The molecule has 0 unspecified atom stereocenters. The van der Waals surface area contributed by atoms with Crippen LogP contribution in [0.2, 0.25) is 25.7 Å². The van der Waals surface area contributed by atoms with Gasteiger partial charge in [0.1, 0.15) is 12.2 Å². The van der Waals surface area contributed by atoms with Crippen molar-refractivity contribution in [2.75, 3.05) is 30.3 Å². The molecule has 1 aliphatic heterocycles. The Morgan fingerprint density at radius 2 is 1.79 bits per heavy atom. The summed E-state index contributed by atoms with van der Waals surface area (Å²) in [6.45, 7) is 12.5. The molecule has 4 heterocycles. The van der Waals surface area contributed by atoms with E-state index < -0.39 is 8.07 Å². The SMILES string of the molecule is Cc1ccc(-c2cc3c(nc(N)c4cnc(N5CCCC5)n43)n2COCC[Si](C)(C)C)cc1. The van der Waals surface area contributed by atoms with Crippen LogP contribution in [0.15, 0.2) is 36.5 Å². The van der Waals surface area contributed by atoms with Gasteiger partial charge in [-0.1, -0.05) is 49.5 Å². The van der Waals surface area contributed by atoms with E-state index in [0.717, 1.165) is 59.6 Å².